The van der Waals surface area contributed by atoms with Gasteiger partial charge in [-0.3, -0.25) is 0 Å². The highest BCUT2D eigenvalue weighted by Gasteiger charge is 2.11. The SMILES string of the molecule is CC(NCc1ccc(Cl)s1)c1nc2ccccc2s1. The van der Waals surface area contributed by atoms with Crippen molar-refractivity contribution in [2.24, 2.45) is 0 Å². The summed E-state index contributed by atoms with van der Waals surface area (Å²) in [5, 5.41) is 4.62. The molecular formula is C14H13ClN2S2. The first-order valence-corrected chi connectivity index (χ1v) is 8.06. The van der Waals surface area contributed by atoms with Gasteiger partial charge in [0.15, 0.2) is 0 Å². The Kier molecular flexibility index (Phi) is 3.84. The third kappa shape index (κ3) is 2.98. The minimum atomic E-state index is 0.248. The maximum atomic E-state index is 5.93. The number of thiazole rings is 1. The maximum absolute atomic E-state index is 5.93. The van der Waals surface area contributed by atoms with Gasteiger partial charge in [0.2, 0.25) is 0 Å². The molecule has 1 N–H and O–H groups in total. The average molecular weight is 309 g/mol. The zero-order valence-electron chi connectivity index (χ0n) is 10.4. The Morgan fingerprint density at radius 1 is 1.21 bits per heavy atom. The standard InChI is InChI=1S/C14H13ClN2S2/c1-9(16-8-10-6-7-13(15)18-10)14-17-11-4-2-3-5-12(11)19-14/h2-7,9,16H,8H2,1H3. The number of halogens is 1. The van der Waals surface area contributed by atoms with Crippen LogP contribution in [0, 0.1) is 0 Å². The molecule has 0 aliphatic rings. The lowest BCUT2D eigenvalue weighted by Crippen LogP contribution is -2.17. The fourth-order valence-corrected chi connectivity index (χ4v) is 3.90. The summed E-state index contributed by atoms with van der Waals surface area (Å²) in [6.07, 6.45) is 0. The van der Waals surface area contributed by atoms with Crippen LogP contribution in [0.1, 0.15) is 22.9 Å². The Labute approximate surface area is 125 Å². The lowest BCUT2D eigenvalue weighted by Gasteiger charge is -2.09. The van der Waals surface area contributed by atoms with Crippen molar-refractivity contribution in [1.29, 1.82) is 0 Å². The fourth-order valence-electron chi connectivity index (χ4n) is 1.86. The predicted molar refractivity (Wildman–Crippen MR) is 84.2 cm³/mol. The molecule has 2 heterocycles. The van der Waals surface area contributed by atoms with E-state index >= 15 is 0 Å². The molecule has 0 spiro atoms. The summed E-state index contributed by atoms with van der Waals surface area (Å²) in [5.74, 6) is 0. The van der Waals surface area contributed by atoms with Crippen molar-refractivity contribution in [2.45, 2.75) is 19.5 Å². The second-order valence-corrected chi connectivity index (χ2v) is 7.19. The highest BCUT2D eigenvalue weighted by atomic mass is 35.5. The summed E-state index contributed by atoms with van der Waals surface area (Å²) >= 11 is 9.29. The molecule has 0 bridgehead atoms. The summed E-state index contributed by atoms with van der Waals surface area (Å²) in [7, 11) is 0. The van der Waals surface area contributed by atoms with Gasteiger partial charge in [-0.05, 0) is 31.2 Å². The number of para-hydroxylation sites is 1. The van der Waals surface area contributed by atoms with Gasteiger partial charge in [-0.2, -0.15) is 0 Å². The minimum Gasteiger partial charge on any atom is -0.303 e. The summed E-state index contributed by atoms with van der Waals surface area (Å²) in [4.78, 5) is 5.91. The molecule has 98 valence electrons. The first-order chi connectivity index (χ1) is 9.22. The smallest absolute Gasteiger partial charge is 0.111 e. The topological polar surface area (TPSA) is 24.9 Å². The van der Waals surface area contributed by atoms with Gasteiger partial charge in [-0.25, -0.2) is 4.98 Å². The van der Waals surface area contributed by atoms with Crippen molar-refractivity contribution in [3.05, 3.63) is 50.6 Å². The van der Waals surface area contributed by atoms with E-state index in [0.717, 1.165) is 21.4 Å². The lowest BCUT2D eigenvalue weighted by atomic mass is 10.3. The van der Waals surface area contributed by atoms with Gasteiger partial charge in [-0.1, -0.05) is 23.7 Å². The molecule has 0 saturated carbocycles. The van der Waals surface area contributed by atoms with E-state index in [1.54, 1.807) is 22.7 Å². The molecule has 0 amide bonds. The third-order valence-electron chi connectivity index (χ3n) is 2.89. The van der Waals surface area contributed by atoms with Gasteiger partial charge in [0.05, 0.1) is 20.6 Å². The molecule has 0 radical (unpaired) electrons. The fraction of sp³-hybridized carbons (Fsp3) is 0.214. The average Bonchev–Trinajstić information content (AvgIpc) is 3.01. The largest absolute Gasteiger partial charge is 0.303 e. The van der Waals surface area contributed by atoms with E-state index in [-0.39, 0.29) is 6.04 Å². The highest BCUT2D eigenvalue weighted by Crippen LogP contribution is 2.27. The van der Waals surface area contributed by atoms with Gasteiger partial charge in [-0.15, -0.1) is 22.7 Å². The number of thiophene rings is 1. The van der Waals surface area contributed by atoms with Crippen molar-refractivity contribution in [3.63, 3.8) is 0 Å². The van der Waals surface area contributed by atoms with E-state index in [4.69, 9.17) is 11.6 Å². The molecule has 0 saturated heterocycles. The molecule has 1 aromatic carbocycles. The van der Waals surface area contributed by atoms with Crippen LogP contribution in [0.25, 0.3) is 10.2 Å². The van der Waals surface area contributed by atoms with E-state index < -0.39 is 0 Å². The number of hydrogen-bond acceptors (Lipinski definition) is 4. The van der Waals surface area contributed by atoms with E-state index in [1.807, 2.05) is 12.1 Å². The van der Waals surface area contributed by atoms with E-state index in [9.17, 15) is 0 Å². The molecule has 3 aromatic rings. The zero-order chi connectivity index (χ0) is 13.2. The normalized spacial score (nSPS) is 12.9. The Morgan fingerprint density at radius 3 is 2.79 bits per heavy atom. The van der Waals surface area contributed by atoms with Crippen LogP contribution < -0.4 is 5.32 Å². The van der Waals surface area contributed by atoms with Crippen LogP contribution in [0.2, 0.25) is 4.34 Å². The molecule has 1 unspecified atom stereocenters. The minimum absolute atomic E-state index is 0.248. The molecule has 0 aliphatic heterocycles. The van der Waals surface area contributed by atoms with Crippen molar-refractivity contribution < 1.29 is 0 Å². The quantitative estimate of drug-likeness (QED) is 0.744. The third-order valence-corrected chi connectivity index (χ3v) is 5.34. The number of nitrogens with one attached hydrogen (secondary N) is 1. The van der Waals surface area contributed by atoms with E-state index in [0.29, 0.717) is 0 Å². The molecule has 0 fully saturated rings. The molecule has 19 heavy (non-hydrogen) atoms. The molecule has 0 aliphatic carbocycles. The van der Waals surface area contributed by atoms with Crippen molar-refractivity contribution in [2.75, 3.05) is 0 Å². The van der Waals surface area contributed by atoms with Gasteiger partial charge < -0.3 is 5.32 Å². The molecular weight excluding hydrogens is 296 g/mol. The Morgan fingerprint density at radius 2 is 2.05 bits per heavy atom. The molecule has 2 aromatic heterocycles. The Bertz CT molecular complexity index is 656. The van der Waals surface area contributed by atoms with E-state index in [1.165, 1.54) is 9.58 Å². The second-order valence-electron chi connectivity index (χ2n) is 4.33. The van der Waals surface area contributed by atoms with Gasteiger partial charge in [0.25, 0.3) is 0 Å². The first-order valence-electron chi connectivity index (χ1n) is 6.05. The molecule has 2 nitrogen and oxygen atoms in total. The van der Waals surface area contributed by atoms with Gasteiger partial charge >= 0.3 is 0 Å². The summed E-state index contributed by atoms with van der Waals surface area (Å²) in [6, 6.07) is 12.5. The van der Waals surface area contributed by atoms with Crippen molar-refractivity contribution in [3.8, 4) is 0 Å². The number of nitrogens with zero attached hydrogens (tertiary/aromatic N) is 1. The van der Waals surface area contributed by atoms with Gasteiger partial charge in [0, 0.05) is 11.4 Å². The monoisotopic (exact) mass is 308 g/mol. The van der Waals surface area contributed by atoms with Gasteiger partial charge in [0.1, 0.15) is 5.01 Å². The molecule has 1 atom stereocenters. The summed E-state index contributed by atoms with van der Waals surface area (Å²) in [6.45, 7) is 2.97. The number of hydrogen-bond donors (Lipinski definition) is 1. The zero-order valence-corrected chi connectivity index (χ0v) is 12.8. The number of fused-ring (bicyclic) bond motifs is 1. The summed E-state index contributed by atoms with van der Waals surface area (Å²) in [5.41, 5.74) is 1.08. The van der Waals surface area contributed by atoms with Crippen LogP contribution in [0.5, 0.6) is 0 Å². The van der Waals surface area contributed by atoms with Crippen LogP contribution in [0.4, 0.5) is 0 Å². The van der Waals surface area contributed by atoms with E-state index in [2.05, 4.69) is 41.5 Å². The molecule has 5 heteroatoms. The number of benzene rings is 1. The van der Waals surface area contributed by atoms with Crippen LogP contribution >= 0.6 is 34.3 Å². The Hall–Kier alpha value is -0.940. The maximum Gasteiger partial charge on any atom is 0.111 e. The first kappa shape index (κ1) is 13.1. The number of aromatic nitrogens is 1. The Balaban J connectivity index is 1.71. The summed E-state index contributed by atoms with van der Waals surface area (Å²) < 4.78 is 2.08. The van der Waals surface area contributed by atoms with Crippen LogP contribution in [-0.4, -0.2) is 4.98 Å². The van der Waals surface area contributed by atoms with Crippen LogP contribution in [-0.2, 0) is 6.54 Å². The van der Waals surface area contributed by atoms with Crippen LogP contribution in [0.15, 0.2) is 36.4 Å². The lowest BCUT2D eigenvalue weighted by molar-refractivity contribution is 0.577. The van der Waals surface area contributed by atoms with Crippen LogP contribution in [0.3, 0.4) is 0 Å². The second kappa shape index (κ2) is 5.59. The van der Waals surface area contributed by atoms with Crippen molar-refractivity contribution in [1.82, 2.24) is 10.3 Å². The highest BCUT2D eigenvalue weighted by molar-refractivity contribution is 7.18. The number of rotatable bonds is 4. The predicted octanol–water partition coefficient (Wildman–Crippen LogP) is 4.86. The van der Waals surface area contributed by atoms with Crippen molar-refractivity contribution >= 4 is 44.5 Å². The molecule has 3 rings (SSSR count).